The highest BCUT2D eigenvalue weighted by Crippen LogP contribution is 2.44. The second kappa shape index (κ2) is 11.9. The largest absolute Gasteiger partial charge is 0.477 e. The molecule has 0 unspecified atom stereocenters. The van der Waals surface area contributed by atoms with Crippen LogP contribution < -0.4 is 0 Å². The minimum absolute atomic E-state index is 0.00205. The molecule has 7 rings (SSSR count). The summed E-state index contributed by atoms with van der Waals surface area (Å²) < 4.78 is 30.6. The van der Waals surface area contributed by atoms with Crippen molar-refractivity contribution in [1.82, 2.24) is 18.8 Å². The van der Waals surface area contributed by atoms with Crippen molar-refractivity contribution in [2.24, 2.45) is 0 Å². The van der Waals surface area contributed by atoms with Gasteiger partial charge in [0.15, 0.2) is 0 Å². The van der Waals surface area contributed by atoms with Gasteiger partial charge in [-0.3, -0.25) is 0 Å². The standard InChI is InChI=1S/C34H30Cl2N4O4S/c35-25-8-3-21(4-9-25)32(22-5-10-26(36)11-6-22)24-7-13-29-31(19-24)40(33(38-29)23-1-2-23)27-15-17-39(18-16-27)45(43,44)28-12-14-30(34(41)42)37-20-28/h3-14,19-20,23,27,32H,1-2,15-18H2,(H,41,42). The van der Waals surface area contributed by atoms with Gasteiger partial charge in [0, 0.05) is 47.2 Å². The predicted molar refractivity (Wildman–Crippen MR) is 174 cm³/mol. The van der Waals surface area contributed by atoms with Crippen molar-refractivity contribution in [2.75, 3.05) is 13.1 Å². The van der Waals surface area contributed by atoms with Gasteiger partial charge in [-0.15, -0.1) is 0 Å². The first-order valence-electron chi connectivity index (χ1n) is 14.9. The van der Waals surface area contributed by atoms with Crippen LogP contribution in [0.5, 0.6) is 0 Å². The molecule has 11 heteroatoms. The van der Waals surface area contributed by atoms with Crippen LogP contribution in [0, 0.1) is 0 Å². The second-order valence-corrected chi connectivity index (χ2v) is 14.5. The lowest BCUT2D eigenvalue weighted by Crippen LogP contribution is -2.39. The van der Waals surface area contributed by atoms with E-state index in [0.717, 1.165) is 52.6 Å². The van der Waals surface area contributed by atoms with E-state index in [0.29, 0.717) is 41.9 Å². The molecule has 1 aliphatic carbocycles. The molecule has 2 aromatic heterocycles. The summed E-state index contributed by atoms with van der Waals surface area (Å²) in [6.45, 7) is 0.685. The van der Waals surface area contributed by atoms with E-state index in [9.17, 15) is 13.2 Å². The van der Waals surface area contributed by atoms with Crippen LogP contribution >= 0.6 is 23.2 Å². The Morgan fingerprint density at radius 3 is 1.96 bits per heavy atom. The molecular formula is C34H30Cl2N4O4S. The number of halogens is 2. The number of rotatable bonds is 8. The number of carboxylic acids is 1. The summed E-state index contributed by atoms with van der Waals surface area (Å²) in [5.74, 6) is 0.232. The maximum absolute atomic E-state index is 13.4. The second-order valence-electron chi connectivity index (χ2n) is 11.7. The summed E-state index contributed by atoms with van der Waals surface area (Å²) in [5, 5.41) is 10.5. The van der Waals surface area contributed by atoms with Crippen molar-refractivity contribution in [2.45, 2.75) is 48.5 Å². The topological polar surface area (TPSA) is 105 Å². The third-order valence-corrected chi connectivity index (χ3v) is 11.2. The van der Waals surface area contributed by atoms with Gasteiger partial charge in [0.05, 0.1) is 11.0 Å². The van der Waals surface area contributed by atoms with E-state index in [-0.39, 0.29) is 22.5 Å². The van der Waals surface area contributed by atoms with Crippen LogP contribution in [0.4, 0.5) is 0 Å². The van der Waals surface area contributed by atoms with Crippen LogP contribution in [0.3, 0.4) is 0 Å². The summed E-state index contributed by atoms with van der Waals surface area (Å²) in [4.78, 5) is 20.1. The molecule has 1 saturated heterocycles. The number of imidazole rings is 1. The average Bonchev–Trinajstić information content (AvgIpc) is 3.83. The van der Waals surface area contributed by atoms with Gasteiger partial charge >= 0.3 is 5.97 Å². The van der Waals surface area contributed by atoms with Crippen molar-refractivity contribution in [3.8, 4) is 0 Å². The smallest absolute Gasteiger partial charge is 0.354 e. The zero-order valence-electron chi connectivity index (χ0n) is 24.2. The first-order chi connectivity index (χ1) is 21.7. The van der Waals surface area contributed by atoms with Crippen LogP contribution in [0.25, 0.3) is 11.0 Å². The van der Waals surface area contributed by atoms with Gasteiger partial charge in [0.25, 0.3) is 0 Å². The highest BCUT2D eigenvalue weighted by atomic mass is 35.5. The first kappa shape index (κ1) is 29.9. The van der Waals surface area contributed by atoms with E-state index in [1.807, 2.05) is 24.3 Å². The van der Waals surface area contributed by atoms with Crippen molar-refractivity contribution >= 4 is 50.2 Å². The van der Waals surface area contributed by atoms with Crippen LogP contribution in [-0.4, -0.2) is 51.4 Å². The fraction of sp³-hybridized carbons (Fsp3) is 0.265. The number of nitrogens with zero attached hydrogens (tertiary/aromatic N) is 4. The molecule has 3 aromatic carbocycles. The first-order valence-corrected chi connectivity index (χ1v) is 17.1. The van der Waals surface area contributed by atoms with E-state index in [1.54, 1.807) is 0 Å². The number of carboxylic acid groups (broad SMARTS) is 1. The minimum atomic E-state index is -3.80. The van der Waals surface area contributed by atoms with E-state index < -0.39 is 16.0 Å². The van der Waals surface area contributed by atoms with Gasteiger partial charge < -0.3 is 9.67 Å². The maximum atomic E-state index is 13.4. The number of benzene rings is 3. The van der Waals surface area contributed by atoms with Gasteiger partial charge in [0.1, 0.15) is 16.4 Å². The molecule has 1 aliphatic heterocycles. The van der Waals surface area contributed by atoms with Crippen LogP contribution in [0.15, 0.2) is 90.0 Å². The predicted octanol–water partition coefficient (Wildman–Crippen LogP) is 7.52. The molecular weight excluding hydrogens is 631 g/mol. The minimum Gasteiger partial charge on any atom is -0.477 e. The highest BCUT2D eigenvalue weighted by molar-refractivity contribution is 7.89. The van der Waals surface area contributed by atoms with Crippen molar-refractivity contribution in [3.63, 3.8) is 0 Å². The highest BCUT2D eigenvalue weighted by Gasteiger charge is 2.36. The van der Waals surface area contributed by atoms with Gasteiger partial charge in [-0.2, -0.15) is 4.31 Å². The zero-order chi connectivity index (χ0) is 31.3. The SMILES string of the molecule is O=C(O)c1ccc(S(=O)(=O)N2CCC(n3c(C4CC4)nc4ccc(C(c5ccc(Cl)cc5)c5ccc(Cl)cc5)cc43)CC2)cn1. The molecule has 0 amide bonds. The summed E-state index contributed by atoms with van der Waals surface area (Å²) >= 11 is 12.5. The molecule has 230 valence electrons. The maximum Gasteiger partial charge on any atom is 0.354 e. The van der Waals surface area contributed by atoms with E-state index >= 15 is 0 Å². The van der Waals surface area contributed by atoms with Crippen molar-refractivity contribution in [1.29, 1.82) is 0 Å². The molecule has 5 aromatic rings. The van der Waals surface area contributed by atoms with E-state index in [4.69, 9.17) is 33.3 Å². The number of pyridine rings is 1. The molecule has 0 radical (unpaired) electrons. The van der Waals surface area contributed by atoms with Crippen LogP contribution in [-0.2, 0) is 10.0 Å². The third kappa shape index (κ3) is 5.86. The average molecular weight is 662 g/mol. The molecule has 2 fully saturated rings. The lowest BCUT2D eigenvalue weighted by atomic mass is 9.85. The lowest BCUT2D eigenvalue weighted by Gasteiger charge is -2.33. The van der Waals surface area contributed by atoms with Crippen molar-refractivity contribution < 1.29 is 18.3 Å². The quantitative estimate of drug-likeness (QED) is 0.173. The van der Waals surface area contributed by atoms with Gasteiger partial charge in [0.2, 0.25) is 10.0 Å². The number of aromatic carboxylic acids is 1. The molecule has 2 aliphatic rings. The van der Waals surface area contributed by atoms with Crippen molar-refractivity contribution in [3.05, 3.63) is 123 Å². The van der Waals surface area contributed by atoms with Crippen LogP contribution in [0.1, 0.15) is 76.6 Å². The Balaban J connectivity index is 1.22. The summed E-state index contributed by atoms with van der Waals surface area (Å²) in [7, 11) is -3.80. The Morgan fingerprint density at radius 1 is 0.822 bits per heavy atom. The Labute approximate surface area is 271 Å². The number of fused-ring (bicyclic) bond motifs is 1. The number of carbonyl (C=O) groups is 1. The van der Waals surface area contributed by atoms with Gasteiger partial charge in [-0.05, 0) is 90.9 Å². The molecule has 0 atom stereocenters. The fourth-order valence-corrected chi connectivity index (χ4v) is 8.03. The normalized spacial score (nSPS) is 16.4. The summed E-state index contributed by atoms with van der Waals surface area (Å²) in [6.07, 6.45) is 4.58. The monoisotopic (exact) mass is 660 g/mol. The Kier molecular flexibility index (Phi) is 7.90. The van der Waals surface area contributed by atoms with Gasteiger partial charge in [-0.25, -0.2) is 23.2 Å². The van der Waals surface area contributed by atoms with E-state index in [1.165, 1.54) is 16.4 Å². The third-order valence-electron chi connectivity index (χ3n) is 8.81. The molecule has 0 bridgehead atoms. The molecule has 0 spiro atoms. The summed E-state index contributed by atoms with van der Waals surface area (Å²) in [6, 6.07) is 25.0. The molecule has 3 heterocycles. The number of hydrogen-bond donors (Lipinski definition) is 1. The van der Waals surface area contributed by atoms with Gasteiger partial charge in [-0.1, -0.05) is 53.5 Å². The number of sulfonamides is 1. The molecule has 45 heavy (non-hydrogen) atoms. The zero-order valence-corrected chi connectivity index (χ0v) is 26.5. The Hall–Kier alpha value is -3.76. The number of piperidine rings is 1. The number of aromatic nitrogens is 3. The summed E-state index contributed by atoms with van der Waals surface area (Å²) in [5.41, 5.74) is 5.13. The molecule has 1 N–H and O–H groups in total. The lowest BCUT2D eigenvalue weighted by molar-refractivity contribution is 0.0690. The Morgan fingerprint density at radius 2 is 1.42 bits per heavy atom. The van der Waals surface area contributed by atoms with Crippen LogP contribution in [0.2, 0.25) is 10.0 Å². The fourth-order valence-electron chi connectivity index (χ4n) is 6.36. The Bertz CT molecular complexity index is 1940. The van der Waals surface area contributed by atoms with E-state index in [2.05, 4.69) is 52.0 Å². The molecule has 8 nitrogen and oxygen atoms in total. The molecule has 1 saturated carbocycles. The number of hydrogen-bond acceptors (Lipinski definition) is 5.